The van der Waals surface area contributed by atoms with Gasteiger partial charge in [-0.15, -0.1) is 11.8 Å². The highest BCUT2D eigenvalue weighted by Crippen LogP contribution is 2.22. The molecule has 0 bridgehead atoms. The van der Waals surface area contributed by atoms with Crippen molar-refractivity contribution in [2.45, 2.75) is 17.4 Å². The fraction of sp³-hybridized carbons (Fsp3) is 0.364. The highest BCUT2D eigenvalue weighted by molar-refractivity contribution is 7.99. The zero-order valence-corrected chi connectivity index (χ0v) is 9.74. The summed E-state index contributed by atoms with van der Waals surface area (Å²) in [6.45, 7) is 0. The van der Waals surface area contributed by atoms with Crippen LogP contribution in [0.5, 0.6) is 5.75 Å². The van der Waals surface area contributed by atoms with Gasteiger partial charge in [-0.25, -0.2) is 0 Å². The van der Waals surface area contributed by atoms with Gasteiger partial charge < -0.3 is 14.9 Å². The summed E-state index contributed by atoms with van der Waals surface area (Å²) in [6.07, 6.45) is -1.03. The molecule has 0 radical (unpaired) electrons. The van der Waals surface area contributed by atoms with Gasteiger partial charge in [0.25, 0.3) is 0 Å². The lowest BCUT2D eigenvalue weighted by atomic mass is 10.3. The quantitative estimate of drug-likeness (QED) is 0.742. The number of methoxy groups -OCH3 is 1. The fourth-order valence-corrected chi connectivity index (χ4v) is 1.96. The van der Waals surface area contributed by atoms with Gasteiger partial charge >= 0.3 is 5.97 Å². The third kappa shape index (κ3) is 4.55. The van der Waals surface area contributed by atoms with Gasteiger partial charge in [0.1, 0.15) is 5.75 Å². The van der Waals surface area contributed by atoms with Gasteiger partial charge in [0.05, 0.1) is 19.6 Å². The zero-order valence-electron chi connectivity index (χ0n) is 8.92. The number of aliphatic carboxylic acids is 1. The Morgan fingerprint density at radius 1 is 1.44 bits per heavy atom. The Balaban J connectivity index is 2.39. The number of carboxylic acids is 1. The molecule has 0 aliphatic rings. The normalized spacial score (nSPS) is 12.1. The molecule has 0 aromatic heterocycles. The molecule has 0 aliphatic heterocycles. The van der Waals surface area contributed by atoms with E-state index in [9.17, 15) is 9.90 Å². The number of carbonyl (C=O) groups is 1. The van der Waals surface area contributed by atoms with E-state index in [1.807, 2.05) is 24.3 Å². The van der Waals surface area contributed by atoms with Crippen molar-refractivity contribution in [3.63, 3.8) is 0 Å². The average Bonchev–Trinajstić information content (AvgIpc) is 2.26. The number of benzene rings is 1. The van der Waals surface area contributed by atoms with Crippen LogP contribution in [0.25, 0.3) is 0 Å². The van der Waals surface area contributed by atoms with Crippen molar-refractivity contribution in [3.8, 4) is 5.75 Å². The van der Waals surface area contributed by atoms with Gasteiger partial charge in [0.15, 0.2) is 0 Å². The molecule has 0 saturated heterocycles. The summed E-state index contributed by atoms with van der Waals surface area (Å²) < 4.78 is 5.01. The highest BCUT2D eigenvalue weighted by Gasteiger charge is 2.09. The SMILES string of the molecule is COc1ccc(SCC(O)CC(=O)O)cc1. The molecule has 0 aliphatic carbocycles. The van der Waals surface area contributed by atoms with Crippen LogP contribution in [0.4, 0.5) is 0 Å². The molecular formula is C11H14O4S. The second-order valence-corrected chi connectivity index (χ2v) is 4.33. The van der Waals surface area contributed by atoms with Crippen molar-refractivity contribution in [1.82, 2.24) is 0 Å². The molecule has 16 heavy (non-hydrogen) atoms. The summed E-state index contributed by atoms with van der Waals surface area (Å²) >= 11 is 1.42. The van der Waals surface area contributed by atoms with Crippen LogP contribution in [0.2, 0.25) is 0 Å². The van der Waals surface area contributed by atoms with E-state index in [1.165, 1.54) is 11.8 Å². The molecule has 0 fully saturated rings. The lowest BCUT2D eigenvalue weighted by molar-refractivity contribution is -0.138. The van der Waals surface area contributed by atoms with E-state index in [0.29, 0.717) is 5.75 Å². The molecule has 88 valence electrons. The minimum absolute atomic E-state index is 0.219. The van der Waals surface area contributed by atoms with Crippen molar-refractivity contribution in [2.75, 3.05) is 12.9 Å². The second-order valence-electron chi connectivity index (χ2n) is 3.24. The van der Waals surface area contributed by atoms with E-state index in [4.69, 9.17) is 9.84 Å². The number of thioether (sulfide) groups is 1. The van der Waals surface area contributed by atoms with Crippen molar-refractivity contribution in [3.05, 3.63) is 24.3 Å². The summed E-state index contributed by atoms with van der Waals surface area (Å²) in [6, 6.07) is 7.39. The molecular weight excluding hydrogens is 228 g/mol. The molecule has 1 aromatic carbocycles. The van der Waals surface area contributed by atoms with Gasteiger partial charge in [-0.05, 0) is 24.3 Å². The summed E-state index contributed by atoms with van der Waals surface area (Å²) in [7, 11) is 1.60. The fourth-order valence-electron chi connectivity index (χ4n) is 1.12. The van der Waals surface area contributed by atoms with E-state index < -0.39 is 12.1 Å². The molecule has 0 spiro atoms. The van der Waals surface area contributed by atoms with Gasteiger partial charge in [-0.1, -0.05) is 0 Å². The predicted octanol–water partition coefficient (Wildman–Crippen LogP) is 1.62. The maximum atomic E-state index is 10.3. The maximum Gasteiger partial charge on any atom is 0.306 e. The molecule has 1 aromatic rings. The lowest BCUT2D eigenvalue weighted by Gasteiger charge is -2.07. The zero-order chi connectivity index (χ0) is 12.0. The molecule has 0 heterocycles. The third-order valence-corrected chi connectivity index (χ3v) is 3.07. The lowest BCUT2D eigenvalue weighted by Crippen LogP contribution is -2.15. The number of aliphatic hydroxyl groups excluding tert-OH is 1. The largest absolute Gasteiger partial charge is 0.497 e. The summed E-state index contributed by atoms with van der Waals surface area (Å²) in [4.78, 5) is 11.3. The van der Waals surface area contributed by atoms with Gasteiger partial charge in [0, 0.05) is 10.6 Å². The summed E-state index contributed by atoms with van der Waals surface area (Å²) in [5.41, 5.74) is 0. The first-order valence-electron chi connectivity index (χ1n) is 4.78. The first kappa shape index (κ1) is 12.9. The number of ether oxygens (including phenoxy) is 1. The van der Waals surface area contributed by atoms with Crippen LogP contribution in [0.15, 0.2) is 29.2 Å². The Bertz CT molecular complexity index is 336. The van der Waals surface area contributed by atoms with Crippen LogP contribution < -0.4 is 4.74 Å². The Morgan fingerprint density at radius 2 is 2.06 bits per heavy atom. The molecule has 4 nitrogen and oxygen atoms in total. The maximum absolute atomic E-state index is 10.3. The van der Waals surface area contributed by atoms with E-state index in [2.05, 4.69) is 0 Å². The van der Waals surface area contributed by atoms with Gasteiger partial charge in [0.2, 0.25) is 0 Å². The van der Waals surface area contributed by atoms with Crippen LogP contribution in [0, 0.1) is 0 Å². The number of hydrogen-bond acceptors (Lipinski definition) is 4. The smallest absolute Gasteiger partial charge is 0.306 e. The van der Waals surface area contributed by atoms with Crippen LogP contribution >= 0.6 is 11.8 Å². The highest BCUT2D eigenvalue weighted by atomic mass is 32.2. The number of carboxylic acid groups (broad SMARTS) is 1. The molecule has 0 amide bonds. The van der Waals surface area contributed by atoms with Crippen molar-refractivity contribution in [2.24, 2.45) is 0 Å². The first-order chi connectivity index (χ1) is 7.61. The summed E-state index contributed by atoms with van der Waals surface area (Å²) in [5.74, 6) is 0.164. The number of rotatable bonds is 6. The van der Waals surface area contributed by atoms with E-state index in [1.54, 1.807) is 7.11 Å². The Kier molecular flexibility index (Phi) is 5.14. The van der Waals surface area contributed by atoms with Gasteiger partial charge in [-0.2, -0.15) is 0 Å². The Hall–Kier alpha value is -1.20. The van der Waals surface area contributed by atoms with E-state index in [-0.39, 0.29) is 6.42 Å². The predicted molar refractivity (Wildman–Crippen MR) is 62.0 cm³/mol. The minimum Gasteiger partial charge on any atom is -0.497 e. The molecule has 2 N–H and O–H groups in total. The Morgan fingerprint density at radius 3 is 2.56 bits per heavy atom. The van der Waals surface area contributed by atoms with Crippen LogP contribution in [-0.4, -0.2) is 35.1 Å². The average molecular weight is 242 g/mol. The molecule has 1 unspecified atom stereocenters. The Labute approximate surface area is 98.2 Å². The van der Waals surface area contributed by atoms with Gasteiger partial charge in [-0.3, -0.25) is 4.79 Å². The molecule has 1 atom stereocenters. The third-order valence-electron chi connectivity index (χ3n) is 1.91. The minimum atomic E-state index is -0.983. The monoisotopic (exact) mass is 242 g/mol. The van der Waals surface area contributed by atoms with Crippen LogP contribution in [-0.2, 0) is 4.79 Å². The second kappa shape index (κ2) is 6.40. The van der Waals surface area contributed by atoms with Crippen molar-refractivity contribution >= 4 is 17.7 Å². The molecule has 1 rings (SSSR count). The standard InChI is InChI=1S/C11H14O4S/c1-15-9-2-4-10(5-3-9)16-7-8(12)6-11(13)14/h2-5,8,12H,6-7H2,1H3,(H,13,14). The number of aliphatic hydroxyl groups is 1. The first-order valence-corrected chi connectivity index (χ1v) is 5.77. The number of hydrogen-bond donors (Lipinski definition) is 2. The van der Waals surface area contributed by atoms with Crippen LogP contribution in [0.3, 0.4) is 0 Å². The van der Waals surface area contributed by atoms with E-state index >= 15 is 0 Å². The summed E-state index contributed by atoms with van der Waals surface area (Å²) in [5, 5.41) is 17.8. The van der Waals surface area contributed by atoms with Crippen LogP contribution in [0.1, 0.15) is 6.42 Å². The van der Waals surface area contributed by atoms with Crippen molar-refractivity contribution < 1.29 is 19.7 Å². The molecule has 0 saturated carbocycles. The van der Waals surface area contributed by atoms with Crippen molar-refractivity contribution in [1.29, 1.82) is 0 Å². The van der Waals surface area contributed by atoms with E-state index in [0.717, 1.165) is 10.6 Å². The molecule has 5 heteroatoms. The topological polar surface area (TPSA) is 66.8 Å².